The van der Waals surface area contributed by atoms with E-state index in [2.05, 4.69) is 38.4 Å². The lowest BCUT2D eigenvalue weighted by Gasteiger charge is -2.01. The van der Waals surface area contributed by atoms with E-state index >= 15 is 0 Å². The first kappa shape index (κ1) is 16.0. The molecule has 112 valence electrons. The molecule has 0 spiro atoms. The third-order valence-corrected chi connectivity index (χ3v) is 4.20. The van der Waals surface area contributed by atoms with Gasteiger partial charge in [-0.15, -0.1) is 10.2 Å². The van der Waals surface area contributed by atoms with E-state index in [1.807, 2.05) is 24.3 Å². The van der Waals surface area contributed by atoms with E-state index in [9.17, 15) is 4.79 Å². The molecule has 2 aromatic rings. The van der Waals surface area contributed by atoms with Crippen LogP contribution in [-0.2, 0) is 4.79 Å². The second-order valence-electron chi connectivity index (χ2n) is 4.35. The molecule has 0 atom stereocenters. The van der Waals surface area contributed by atoms with Crippen molar-refractivity contribution in [2.45, 2.75) is 25.0 Å². The summed E-state index contributed by atoms with van der Waals surface area (Å²) in [7, 11) is 0. The number of unbranched alkanes of at least 4 members (excludes halogenated alkanes) is 1. The van der Waals surface area contributed by atoms with Crippen molar-refractivity contribution in [1.29, 1.82) is 0 Å². The smallest absolute Gasteiger partial charge is 0.277 e. The van der Waals surface area contributed by atoms with E-state index in [0.717, 1.165) is 22.9 Å². The highest BCUT2D eigenvalue weighted by Gasteiger charge is 2.12. The number of nitrogens with zero attached hydrogens (tertiary/aromatic N) is 2. The van der Waals surface area contributed by atoms with Crippen molar-refractivity contribution in [2.75, 3.05) is 12.3 Å². The fraction of sp³-hybridized carbons (Fsp3) is 0.357. The summed E-state index contributed by atoms with van der Waals surface area (Å²) in [6.07, 6.45) is 2.05. The number of nitrogens with one attached hydrogen (secondary N) is 1. The molecule has 0 unspecified atom stereocenters. The minimum atomic E-state index is -0.0194. The molecule has 0 aliphatic heterocycles. The van der Waals surface area contributed by atoms with Gasteiger partial charge in [0.1, 0.15) is 0 Å². The molecule has 0 radical (unpaired) electrons. The first-order valence-electron chi connectivity index (χ1n) is 6.68. The van der Waals surface area contributed by atoms with Gasteiger partial charge in [-0.1, -0.05) is 37.2 Å². The van der Waals surface area contributed by atoms with E-state index in [1.54, 1.807) is 0 Å². The van der Waals surface area contributed by atoms with Crippen LogP contribution in [0.4, 0.5) is 0 Å². The fourth-order valence-electron chi connectivity index (χ4n) is 1.59. The Morgan fingerprint density at radius 1 is 1.38 bits per heavy atom. The monoisotopic (exact) mass is 369 g/mol. The van der Waals surface area contributed by atoms with Crippen molar-refractivity contribution in [1.82, 2.24) is 15.5 Å². The zero-order valence-electron chi connectivity index (χ0n) is 11.6. The molecular weight excluding hydrogens is 354 g/mol. The molecule has 2 rings (SSSR count). The topological polar surface area (TPSA) is 68.0 Å². The van der Waals surface area contributed by atoms with Crippen molar-refractivity contribution in [3.8, 4) is 11.5 Å². The summed E-state index contributed by atoms with van der Waals surface area (Å²) in [6.45, 7) is 2.80. The van der Waals surface area contributed by atoms with Gasteiger partial charge in [0.05, 0.1) is 11.3 Å². The predicted octanol–water partition coefficient (Wildman–Crippen LogP) is 3.51. The Balaban J connectivity index is 1.89. The molecule has 1 aromatic heterocycles. The fourth-order valence-corrected chi connectivity index (χ4v) is 2.64. The van der Waals surface area contributed by atoms with Gasteiger partial charge in [-0.2, -0.15) is 0 Å². The number of amides is 1. The van der Waals surface area contributed by atoms with Gasteiger partial charge >= 0.3 is 0 Å². The zero-order chi connectivity index (χ0) is 15.1. The highest BCUT2D eigenvalue weighted by atomic mass is 79.9. The summed E-state index contributed by atoms with van der Waals surface area (Å²) in [5.41, 5.74) is 0.837. The second-order valence-corrected chi connectivity index (χ2v) is 6.13. The van der Waals surface area contributed by atoms with Crippen molar-refractivity contribution in [3.05, 3.63) is 28.7 Å². The highest BCUT2D eigenvalue weighted by molar-refractivity contribution is 9.10. The number of halogens is 1. The van der Waals surface area contributed by atoms with Gasteiger partial charge in [0.2, 0.25) is 11.8 Å². The number of thioether (sulfide) groups is 1. The van der Waals surface area contributed by atoms with E-state index in [-0.39, 0.29) is 11.7 Å². The summed E-state index contributed by atoms with van der Waals surface area (Å²) < 4.78 is 6.45. The first-order chi connectivity index (χ1) is 10.2. The molecule has 1 N–H and O–H groups in total. The number of rotatable bonds is 7. The van der Waals surface area contributed by atoms with Crippen LogP contribution in [0, 0.1) is 0 Å². The number of hydrogen-bond acceptors (Lipinski definition) is 5. The highest BCUT2D eigenvalue weighted by Crippen LogP contribution is 2.28. The third-order valence-electron chi connectivity index (χ3n) is 2.69. The van der Waals surface area contributed by atoms with Crippen molar-refractivity contribution < 1.29 is 9.21 Å². The van der Waals surface area contributed by atoms with Crippen LogP contribution in [0.2, 0.25) is 0 Å². The Labute approximate surface area is 136 Å². The lowest BCUT2D eigenvalue weighted by molar-refractivity contribution is -0.118. The van der Waals surface area contributed by atoms with Crippen LogP contribution in [0.15, 0.2) is 38.4 Å². The average molecular weight is 370 g/mol. The second kappa shape index (κ2) is 8.19. The quantitative estimate of drug-likeness (QED) is 0.597. The lowest BCUT2D eigenvalue weighted by atomic mass is 10.2. The summed E-state index contributed by atoms with van der Waals surface area (Å²) in [4.78, 5) is 11.6. The number of carbonyl (C=O) groups excluding carboxylic acids is 1. The minimum Gasteiger partial charge on any atom is -0.411 e. The maximum Gasteiger partial charge on any atom is 0.277 e. The van der Waals surface area contributed by atoms with Gasteiger partial charge in [0, 0.05) is 11.0 Å². The van der Waals surface area contributed by atoms with Crippen LogP contribution >= 0.6 is 27.7 Å². The summed E-state index contributed by atoms with van der Waals surface area (Å²) in [6, 6.07) is 7.62. The van der Waals surface area contributed by atoms with Crippen molar-refractivity contribution in [2.24, 2.45) is 0 Å². The Morgan fingerprint density at radius 2 is 2.19 bits per heavy atom. The lowest BCUT2D eigenvalue weighted by Crippen LogP contribution is -2.25. The van der Waals surface area contributed by atoms with E-state index in [1.165, 1.54) is 11.8 Å². The average Bonchev–Trinajstić information content (AvgIpc) is 2.94. The molecule has 21 heavy (non-hydrogen) atoms. The predicted molar refractivity (Wildman–Crippen MR) is 86.1 cm³/mol. The summed E-state index contributed by atoms with van der Waals surface area (Å²) in [5.74, 6) is 0.701. The maximum atomic E-state index is 11.6. The Morgan fingerprint density at radius 3 is 2.95 bits per heavy atom. The number of hydrogen-bond donors (Lipinski definition) is 1. The molecule has 1 heterocycles. The number of carbonyl (C=O) groups is 1. The minimum absolute atomic E-state index is 0.0194. The van der Waals surface area contributed by atoms with Crippen LogP contribution in [0.3, 0.4) is 0 Å². The SMILES string of the molecule is CCCCNC(=O)CSc1nnc(-c2ccccc2Br)o1. The van der Waals surface area contributed by atoms with Gasteiger partial charge in [-0.25, -0.2) is 0 Å². The van der Waals surface area contributed by atoms with Crippen LogP contribution in [-0.4, -0.2) is 28.4 Å². The molecule has 1 aromatic carbocycles. The Kier molecular flexibility index (Phi) is 6.25. The van der Waals surface area contributed by atoms with Crippen LogP contribution in [0.5, 0.6) is 0 Å². The molecule has 0 saturated carbocycles. The Hall–Kier alpha value is -1.34. The van der Waals surface area contributed by atoms with E-state index < -0.39 is 0 Å². The number of aromatic nitrogens is 2. The van der Waals surface area contributed by atoms with Crippen LogP contribution < -0.4 is 5.32 Å². The van der Waals surface area contributed by atoms with Crippen molar-refractivity contribution in [3.63, 3.8) is 0 Å². The molecule has 0 aliphatic carbocycles. The third kappa shape index (κ3) is 4.86. The van der Waals surface area contributed by atoms with Crippen LogP contribution in [0.25, 0.3) is 11.5 Å². The number of benzene rings is 1. The van der Waals surface area contributed by atoms with E-state index in [4.69, 9.17) is 4.42 Å². The summed E-state index contributed by atoms with van der Waals surface area (Å²) >= 11 is 4.68. The van der Waals surface area contributed by atoms with Gasteiger partial charge in [-0.3, -0.25) is 4.79 Å². The van der Waals surface area contributed by atoms with Crippen molar-refractivity contribution >= 4 is 33.6 Å². The summed E-state index contributed by atoms with van der Waals surface area (Å²) in [5, 5.41) is 11.2. The van der Waals surface area contributed by atoms with Gasteiger partial charge in [-0.05, 0) is 34.5 Å². The zero-order valence-corrected chi connectivity index (χ0v) is 14.0. The van der Waals surface area contributed by atoms with Gasteiger partial charge in [0.15, 0.2) is 0 Å². The maximum absolute atomic E-state index is 11.6. The molecule has 0 saturated heterocycles. The molecule has 5 nitrogen and oxygen atoms in total. The molecule has 7 heteroatoms. The van der Waals surface area contributed by atoms with Crippen LogP contribution in [0.1, 0.15) is 19.8 Å². The normalized spacial score (nSPS) is 10.6. The van der Waals surface area contributed by atoms with Gasteiger partial charge in [0.25, 0.3) is 5.22 Å². The molecule has 0 aliphatic rings. The molecular formula is C14H16BrN3O2S. The molecule has 1 amide bonds. The first-order valence-corrected chi connectivity index (χ1v) is 8.46. The molecule has 0 fully saturated rings. The Bertz CT molecular complexity index is 603. The van der Waals surface area contributed by atoms with E-state index in [0.29, 0.717) is 17.7 Å². The largest absolute Gasteiger partial charge is 0.411 e. The molecule has 0 bridgehead atoms. The van der Waals surface area contributed by atoms with Gasteiger partial charge < -0.3 is 9.73 Å². The standard InChI is InChI=1S/C14H16BrN3O2S/c1-2-3-8-16-12(19)9-21-14-18-17-13(20-14)10-6-4-5-7-11(10)15/h4-7H,2-3,8-9H2,1H3,(H,16,19).